The van der Waals surface area contributed by atoms with Crippen LogP contribution in [0.15, 0.2) is 45.0 Å². The Kier molecular flexibility index (Phi) is 3.33. The Morgan fingerprint density at radius 1 is 1.21 bits per heavy atom. The molecule has 0 N–H and O–H groups in total. The zero-order chi connectivity index (χ0) is 13.4. The van der Waals surface area contributed by atoms with E-state index >= 15 is 0 Å². The van der Waals surface area contributed by atoms with Gasteiger partial charge in [-0.25, -0.2) is 4.79 Å². The number of hydrogen-bond donors (Lipinski definition) is 0. The predicted molar refractivity (Wildman–Crippen MR) is 83.0 cm³/mol. The highest BCUT2D eigenvalue weighted by Crippen LogP contribution is 2.22. The van der Waals surface area contributed by atoms with Gasteiger partial charge in [0.2, 0.25) is 0 Å². The molecule has 0 aliphatic rings. The van der Waals surface area contributed by atoms with Crippen LogP contribution in [0.4, 0.5) is 0 Å². The van der Waals surface area contributed by atoms with Crippen molar-refractivity contribution in [2.45, 2.75) is 20.0 Å². The first-order valence-corrected chi connectivity index (χ1v) is 7.79. The molecule has 0 saturated heterocycles. The fourth-order valence-electron chi connectivity index (χ4n) is 2.32. The number of hydrogen-bond acceptors (Lipinski definition) is 2. The van der Waals surface area contributed by atoms with Crippen LogP contribution in [-0.2, 0) is 13.1 Å². The van der Waals surface area contributed by atoms with Crippen LogP contribution in [0, 0.1) is 0 Å². The van der Waals surface area contributed by atoms with E-state index in [0.717, 1.165) is 15.5 Å². The number of para-hydroxylation sites is 2. The van der Waals surface area contributed by atoms with Crippen molar-refractivity contribution in [1.82, 2.24) is 9.13 Å². The average Bonchev–Trinajstić information content (AvgIpc) is 2.93. The quantitative estimate of drug-likeness (QED) is 0.716. The van der Waals surface area contributed by atoms with Gasteiger partial charge in [0, 0.05) is 21.3 Å². The molecule has 0 spiro atoms. The first kappa shape index (κ1) is 12.7. The second-order valence-electron chi connectivity index (χ2n) is 4.33. The van der Waals surface area contributed by atoms with E-state index in [1.165, 1.54) is 4.88 Å². The lowest BCUT2D eigenvalue weighted by atomic mass is 10.3. The molecule has 3 rings (SSSR count). The molecule has 0 atom stereocenters. The smallest absolute Gasteiger partial charge is 0.292 e. The number of rotatable bonds is 3. The highest BCUT2D eigenvalue weighted by molar-refractivity contribution is 9.10. The lowest BCUT2D eigenvalue weighted by Crippen LogP contribution is -2.23. The van der Waals surface area contributed by atoms with Gasteiger partial charge in [-0.05, 0) is 41.1 Å². The van der Waals surface area contributed by atoms with Gasteiger partial charge in [-0.2, -0.15) is 0 Å². The van der Waals surface area contributed by atoms with Crippen molar-refractivity contribution in [3.63, 3.8) is 0 Å². The van der Waals surface area contributed by atoms with Crippen LogP contribution in [0.3, 0.4) is 0 Å². The van der Waals surface area contributed by atoms with Crippen molar-refractivity contribution in [3.05, 3.63) is 55.5 Å². The summed E-state index contributed by atoms with van der Waals surface area (Å²) in [6.45, 7) is 3.32. The second kappa shape index (κ2) is 4.98. The fraction of sp³-hybridized carbons (Fsp3) is 0.214. The zero-order valence-electron chi connectivity index (χ0n) is 10.5. The maximum Gasteiger partial charge on any atom is 0.329 e. The Labute approximate surface area is 123 Å². The Morgan fingerprint density at radius 2 is 1.89 bits per heavy atom. The molecule has 0 unspecified atom stereocenters. The molecule has 1 aromatic carbocycles. The molecule has 3 aromatic rings. The monoisotopic (exact) mass is 336 g/mol. The second-order valence-corrected chi connectivity index (χ2v) is 6.24. The van der Waals surface area contributed by atoms with Gasteiger partial charge < -0.3 is 0 Å². The topological polar surface area (TPSA) is 26.9 Å². The van der Waals surface area contributed by atoms with Crippen LogP contribution in [-0.4, -0.2) is 9.13 Å². The molecule has 0 radical (unpaired) electrons. The van der Waals surface area contributed by atoms with E-state index in [-0.39, 0.29) is 5.69 Å². The van der Waals surface area contributed by atoms with Crippen LogP contribution in [0.5, 0.6) is 0 Å². The van der Waals surface area contributed by atoms with Gasteiger partial charge in [0.05, 0.1) is 17.6 Å². The minimum Gasteiger partial charge on any atom is -0.292 e. The maximum atomic E-state index is 12.4. The molecule has 0 bridgehead atoms. The normalized spacial score (nSPS) is 11.3. The molecule has 3 nitrogen and oxygen atoms in total. The number of aryl methyl sites for hydroxylation is 1. The van der Waals surface area contributed by atoms with Gasteiger partial charge in [0.15, 0.2) is 0 Å². The Balaban J connectivity index is 2.18. The summed E-state index contributed by atoms with van der Waals surface area (Å²) in [6.07, 6.45) is 0. The number of halogens is 1. The molecule has 0 fully saturated rings. The van der Waals surface area contributed by atoms with E-state index in [4.69, 9.17) is 0 Å². The minimum atomic E-state index is 0.0632. The van der Waals surface area contributed by atoms with E-state index in [0.29, 0.717) is 13.1 Å². The Bertz CT molecular complexity index is 784. The van der Waals surface area contributed by atoms with Gasteiger partial charge in [-0.1, -0.05) is 12.1 Å². The van der Waals surface area contributed by atoms with Gasteiger partial charge in [0.25, 0.3) is 0 Å². The standard InChI is InChI=1S/C14H13BrN2OS/c1-2-16-12-5-3-4-6-13(12)17(14(16)18)8-11-7-10(15)9-19-11/h3-7,9H,2,8H2,1H3. The van der Waals surface area contributed by atoms with E-state index < -0.39 is 0 Å². The molecule has 0 amide bonds. The van der Waals surface area contributed by atoms with Crippen molar-refractivity contribution in [2.24, 2.45) is 0 Å². The number of nitrogens with zero attached hydrogens (tertiary/aromatic N) is 2. The molecule has 5 heteroatoms. The van der Waals surface area contributed by atoms with Crippen LogP contribution in [0.1, 0.15) is 11.8 Å². The Morgan fingerprint density at radius 3 is 2.47 bits per heavy atom. The number of thiophene rings is 1. The third-order valence-electron chi connectivity index (χ3n) is 3.18. The van der Waals surface area contributed by atoms with Gasteiger partial charge in [0.1, 0.15) is 0 Å². The highest BCUT2D eigenvalue weighted by atomic mass is 79.9. The van der Waals surface area contributed by atoms with Crippen LogP contribution in [0.25, 0.3) is 11.0 Å². The summed E-state index contributed by atoms with van der Waals surface area (Å²) in [5.41, 5.74) is 2.07. The van der Waals surface area contributed by atoms with Gasteiger partial charge in [-0.3, -0.25) is 9.13 Å². The zero-order valence-corrected chi connectivity index (χ0v) is 12.9. The first-order valence-electron chi connectivity index (χ1n) is 6.11. The molecule has 19 heavy (non-hydrogen) atoms. The minimum absolute atomic E-state index is 0.0632. The number of aromatic nitrogens is 2. The van der Waals surface area contributed by atoms with E-state index in [9.17, 15) is 4.79 Å². The van der Waals surface area contributed by atoms with E-state index in [1.807, 2.05) is 45.7 Å². The summed E-state index contributed by atoms with van der Waals surface area (Å²) < 4.78 is 4.73. The molecular formula is C14H13BrN2OS. The summed E-state index contributed by atoms with van der Waals surface area (Å²) in [5.74, 6) is 0. The summed E-state index contributed by atoms with van der Waals surface area (Å²) >= 11 is 5.11. The van der Waals surface area contributed by atoms with E-state index in [1.54, 1.807) is 11.3 Å². The third kappa shape index (κ3) is 2.17. The number of fused-ring (bicyclic) bond motifs is 1. The van der Waals surface area contributed by atoms with Crippen LogP contribution >= 0.6 is 27.3 Å². The summed E-state index contributed by atoms with van der Waals surface area (Å²) in [4.78, 5) is 13.6. The van der Waals surface area contributed by atoms with Crippen molar-refractivity contribution >= 4 is 38.3 Å². The lowest BCUT2D eigenvalue weighted by Gasteiger charge is -2.00. The maximum absolute atomic E-state index is 12.4. The number of benzene rings is 1. The largest absolute Gasteiger partial charge is 0.329 e. The van der Waals surface area contributed by atoms with Crippen LogP contribution in [0.2, 0.25) is 0 Å². The van der Waals surface area contributed by atoms with Gasteiger partial charge in [-0.15, -0.1) is 11.3 Å². The molecule has 0 aliphatic heterocycles. The Hall–Kier alpha value is -1.33. The molecule has 2 aromatic heterocycles. The molecule has 0 aliphatic carbocycles. The SMILES string of the molecule is CCn1c(=O)n(Cc2cc(Br)cs2)c2ccccc21. The first-order chi connectivity index (χ1) is 9.20. The van der Waals surface area contributed by atoms with Crippen LogP contribution < -0.4 is 5.69 Å². The van der Waals surface area contributed by atoms with Crippen molar-refractivity contribution in [1.29, 1.82) is 0 Å². The lowest BCUT2D eigenvalue weighted by molar-refractivity contribution is 0.688. The summed E-state index contributed by atoms with van der Waals surface area (Å²) in [6, 6.07) is 10.0. The number of imidazole rings is 1. The summed E-state index contributed by atoms with van der Waals surface area (Å²) in [5, 5.41) is 2.04. The average molecular weight is 337 g/mol. The van der Waals surface area contributed by atoms with Crippen molar-refractivity contribution < 1.29 is 0 Å². The molecule has 2 heterocycles. The molecule has 0 saturated carbocycles. The third-order valence-corrected chi connectivity index (χ3v) is 4.86. The molecular weight excluding hydrogens is 324 g/mol. The highest BCUT2D eigenvalue weighted by Gasteiger charge is 2.12. The molecule has 98 valence electrons. The van der Waals surface area contributed by atoms with Gasteiger partial charge >= 0.3 is 5.69 Å². The summed E-state index contributed by atoms with van der Waals surface area (Å²) in [7, 11) is 0. The van der Waals surface area contributed by atoms with Crippen molar-refractivity contribution in [2.75, 3.05) is 0 Å². The van der Waals surface area contributed by atoms with Crippen molar-refractivity contribution in [3.8, 4) is 0 Å². The van der Waals surface area contributed by atoms with E-state index in [2.05, 4.69) is 22.0 Å². The fourth-order valence-corrected chi connectivity index (χ4v) is 3.76. The predicted octanol–water partition coefficient (Wildman–Crippen LogP) is 3.70.